The molecule has 0 aliphatic carbocycles. The molecule has 136 valence electrons. The molecule has 6 heteroatoms. The van der Waals surface area contributed by atoms with E-state index < -0.39 is 10.1 Å². The van der Waals surface area contributed by atoms with Gasteiger partial charge in [0.2, 0.25) is 0 Å². The first kappa shape index (κ1) is 23.2. The third kappa shape index (κ3) is 8.23. The van der Waals surface area contributed by atoms with Gasteiger partial charge in [-0.3, -0.25) is 0 Å². The van der Waals surface area contributed by atoms with E-state index in [-0.39, 0.29) is 34.5 Å². The van der Waals surface area contributed by atoms with Gasteiger partial charge in [-0.15, -0.1) is 0 Å². The molecule has 2 aromatic rings. The summed E-state index contributed by atoms with van der Waals surface area (Å²) in [6, 6.07) is 13.4. The summed E-state index contributed by atoms with van der Waals surface area (Å²) in [4.78, 5) is -0.255. The predicted octanol–water partition coefficient (Wildman–Crippen LogP) is 2.29. The second kappa shape index (κ2) is 11.8. The zero-order valence-corrected chi connectivity index (χ0v) is 18.4. The monoisotopic (exact) mass is 384 g/mol. The Hall–Kier alpha value is -0.850. The van der Waals surface area contributed by atoms with Gasteiger partial charge in [0, 0.05) is 0 Å². The number of benzene rings is 2. The Balaban J connectivity index is 0.00000338. The van der Waals surface area contributed by atoms with Gasteiger partial charge in [-0.1, -0.05) is 51.2 Å². The Morgan fingerprint density at radius 2 is 1.31 bits per heavy atom. The van der Waals surface area contributed by atoms with Crippen molar-refractivity contribution >= 4 is 10.1 Å². The average Bonchev–Trinajstić information content (AvgIpc) is 2.59. The zero-order valence-electron chi connectivity index (χ0n) is 15.6. The van der Waals surface area contributed by atoms with E-state index in [0.717, 1.165) is 6.42 Å². The second-order valence-corrected chi connectivity index (χ2v) is 7.57. The Morgan fingerprint density at radius 1 is 0.808 bits per heavy atom. The first-order valence-corrected chi connectivity index (χ1v) is 10.2. The maximum absolute atomic E-state index is 10.9. The third-order valence-corrected chi connectivity index (χ3v) is 4.94. The average molecular weight is 384 g/mol. The standard InChI is InChI=1S/C20H26O4S.Na/c1-2-3-4-5-6-7-8-17-9-11-18(12-10-17)24-19-13-15-20(16-14-19)25(21,22)23;/h9-16H,2-8H2,1H3,(H,21,22,23);/q;+1/p-1. The van der Waals surface area contributed by atoms with Gasteiger partial charge in [-0.05, 0) is 54.8 Å². The van der Waals surface area contributed by atoms with Gasteiger partial charge in [0.25, 0.3) is 0 Å². The molecule has 0 heterocycles. The predicted molar refractivity (Wildman–Crippen MR) is 98.0 cm³/mol. The first-order chi connectivity index (χ1) is 12.0. The smallest absolute Gasteiger partial charge is 0.744 e. The van der Waals surface area contributed by atoms with Crippen LogP contribution in [-0.2, 0) is 16.5 Å². The Bertz CT molecular complexity index is 740. The fourth-order valence-corrected chi connectivity index (χ4v) is 3.11. The van der Waals surface area contributed by atoms with E-state index in [9.17, 15) is 13.0 Å². The molecule has 0 bridgehead atoms. The normalized spacial score (nSPS) is 11.0. The molecule has 0 amide bonds. The van der Waals surface area contributed by atoms with E-state index in [0.29, 0.717) is 11.5 Å². The molecule has 0 aliphatic heterocycles. The van der Waals surface area contributed by atoms with Gasteiger partial charge < -0.3 is 9.29 Å². The molecule has 0 atom stereocenters. The zero-order chi connectivity index (χ0) is 18.1. The summed E-state index contributed by atoms with van der Waals surface area (Å²) >= 11 is 0. The number of rotatable bonds is 10. The van der Waals surface area contributed by atoms with E-state index in [2.05, 4.69) is 19.1 Å². The minimum Gasteiger partial charge on any atom is -0.744 e. The van der Waals surface area contributed by atoms with E-state index in [4.69, 9.17) is 4.74 Å². The summed E-state index contributed by atoms with van der Waals surface area (Å²) in [7, 11) is -4.42. The molecule has 0 saturated heterocycles. The molecular formula is C20H25NaO4S. The SMILES string of the molecule is CCCCCCCCc1ccc(Oc2ccc(S(=O)(=O)[O-])cc2)cc1.[Na+]. The fraction of sp³-hybridized carbons (Fsp3) is 0.400. The number of aryl methyl sites for hydroxylation is 1. The van der Waals surface area contributed by atoms with Crippen LogP contribution in [0.25, 0.3) is 0 Å². The third-order valence-electron chi connectivity index (χ3n) is 4.09. The summed E-state index contributed by atoms with van der Waals surface area (Å²) in [5, 5.41) is 0. The van der Waals surface area contributed by atoms with E-state index in [1.165, 1.54) is 68.4 Å². The minimum absolute atomic E-state index is 0. The van der Waals surface area contributed by atoms with Crippen LogP contribution in [0.4, 0.5) is 0 Å². The maximum Gasteiger partial charge on any atom is 1.00 e. The molecule has 2 rings (SSSR count). The van der Waals surface area contributed by atoms with Gasteiger partial charge in [-0.25, -0.2) is 8.42 Å². The Labute approximate surface area is 179 Å². The Morgan fingerprint density at radius 3 is 1.85 bits per heavy atom. The molecule has 0 spiro atoms. The summed E-state index contributed by atoms with van der Waals surface area (Å²) < 4.78 is 38.4. The number of unbranched alkanes of at least 4 members (excludes halogenated alkanes) is 5. The molecule has 0 aliphatic rings. The maximum atomic E-state index is 10.9. The molecular weight excluding hydrogens is 359 g/mol. The minimum atomic E-state index is -4.42. The topological polar surface area (TPSA) is 66.4 Å². The first-order valence-electron chi connectivity index (χ1n) is 8.82. The molecule has 4 nitrogen and oxygen atoms in total. The fourth-order valence-electron chi connectivity index (χ4n) is 2.64. The molecule has 0 N–H and O–H groups in total. The van der Waals surface area contributed by atoms with Crippen LogP contribution in [0.2, 0.25) is 0 Å². The van der Waals surface area contributed by atoms with Gasteiger partial charge in [0.15, 0.2) is 0 Å². The Kier molecular flexibility index (Phi) is 10.5. The summed E-state index contributed by atoms with van der Waals surface area (Å²) in [5.74, 6) is 1.18. The summed E-state index contributed by atoms with van der Waals surface area (Å²) in [6.07, 6.45) is 8.79. The van der Waals surface area contributed by atoms with Crippen LogP contribution in [0.5, 0.6) is 11.5 Å². The number of hydrogen-bond acceptors (Lipinski definition) is 4. The van der Waals surface area contributed by atoms with Gasteiger partial charge in [0.1, 0.15) is 21.6 Å². The van der Waals surface area contributed by atoms with Gasteiger partial charge >= 0.3 is 29.6 Å². The van der Waals surface area contributed by atoms with Crippen molar-refractivity contribution in [3.63, 3.8) is 0 Å². The quantitative estimate of drug-likeness (QED) is 0.358. The van der Waals surface area contributed by atoms with Crippen LogP contribution in [0.1, 0.15) is 51.0 Å². The van der Waals surface area contributed by atoms with Crippen molar-refractivity contribution in [3.8, 4) is 11.5 Å². The van der Waals surface area contributed by atoms with Crippen molar-refractivity contribution in [2.75, 3.05) is 0 Å². The molecule has 0 unspecified atom stereocenters. The van der Waals surface area contributed by atoms with Crippen LogP contribution >= 0.6 is 0 Å². The van der Waals surface area contributed by atoms with Gasteiger partial charge in [-0.2, -0.15) is 0 Å². The van der Waals surface area contributed by atoms with Crippen molar-refractivity contribution in [2.24, 2.45) is 0 Å². The van der Waals surface area contributed by atoms with Crippen molar-refractivity contribution in [1.29, 1.82) is 0 Å². The second-order valence-electron chi connectivity index (χ2n) is 6.19. The van der Waals surface area contributed by atoms with E-state index in [1.54, 1.807) is 0 Å². The van der Waals surface area contributed by atoms with Crippen molar-refractivity contribution in [2.45, 2.75) is 56.8 Å². The largest absolute Gasteiger partial charge is 1.00 e. The van der Waals surface area contributed by atoms with E-state index in [1.807, 2.05) is 12.1 Å². The van der Waals surface area contributed by atoms with Gasteiger partial charge in [0.05, 0.1) is 4.90 Å². The van der Waals surface area contributed by atoms with Crippen molar-refractivity contribution < 1.29 is 47.3 Å². The van der Waals surface area contributed by atoms with Crippen LogP contribution in [0, 0.1) is 0 Å². The van der Waals surface area contributed by atoms with Crippen molar-refractivity contribution in [1.82, 2.24) is 0 Å². The number of hydrogen-bond donors (Lipinski definition) is 0. The van der Waals surface area contributed by atoms with Crippen LogP contribution in [0.15, 0.2) is 53.4 Å². The molecule has 0 fully saturated rings. The van der Waals surface area contributed by atoms with Crippen LogP contribution in [-0.4, -0.2) is 13.0 Å². The van der Waals surface area contributed by atoms with Crippen molar-refractivity contribution in [3.05, 3.63) is 54.1 Å². The molecule has 0 radical (unpaired) electrons. The van der Waals surface area contributed by atoms with Crippen LogP contribution < -0.4 is 34.3 Å². The van der Waals surface area contributed by atoms with E-state index >= 15 is 0 Å². The number of ether oxygens (including phenoxy) is 1. The summed E-state index contributed by atoms with van der Waals surface area (Å²) in [5.41, 5.74) is 1.29. The molecule has 0 saturated carbocycles. The summed E-state index contributed by atoms with van der Waals surface area (Å²) in [6.45, 7) is 2.23. The molecule has 2 aromatic carbocycles. The molecule has 26 heavy (non-hydrogen) atoms. The van der Waals surface area contributed by atoms with Crippen LogP contribution in [0.3, 0.4) is 0 Å². The molecule has 0 aromatic heterocycles.